The van der Waals surface area contributed by atoms with E-state index >= 15 is 0 Å². The van der Waals surface area contributed by atoms with Crippen molar-refractivity contribution < 1.29 is 47.6 Å². The summed E-state index contributed by atoms with van der Waals surface area (Å²) in [4.78, 5) is 36.2. The minimum Gasteiger partial charge on any atom is -0.480 e. The number of carboxylic acid groups (broad SMARTS) is 1. The molecule has 0 bridgehead atoms. The van der Waals surface area contributed by atoms with Gasteiger partial charge in [-0.1, -0.05) is 36.4 Å². The molecular weight excluding hydrogens is 534 g/mol. The van der Waals surface area contributed by atoms with Gasteiger partial charge in [0, 0.05) is 12.5 Å². The molecule has 2 N–H and O–H groups in total. The van der Waals surface area contributed by atoms with Crippen LogP contribution in [0.5, 0.6) is 5.75 Å². The van der Waals surface area contributed by atoms with Gasteiger partial charge in [0.15, 0.2) is 11.5 Å². The first-order chi connectivity index (χ1) is 19.9. The zero-order valence-corrected chi connectivity index (χ0v) is 22.1. The number of nitrogens with one attached hydrogen (secondary N) is 1. The van der Waals surface area contributed by atoms with Gasteiger partial charge < -0.3 is 38.5 Å². The third-order valence-corrected chi connectivity index (χ3v) is 6.50. The van der Waals surface area contributed by atoms with Gasteiger partial charge in [0.05, 0.1) is 12.9 Å². The molecule has 0 spiro atoms. The van der Waals surface area contributed by atoms with Crippen molar-refractivity contribution >= 4 is 23.7 Å². The Morgan fingerprint density at radius 1 is 1.02 bits per heavy atom. The molecule has 0 saturated carbocycles. The lowest BCUT2D eigenvalue weighted by atomic mass is 9.95. The zero-order chi connectivity index (χ0) is 28.8. The summed E-state index contributed by atoms with van der Waals surface area (Å²) in [6.45, 7) is 0.744. The summed E-state index contributed by atoms with van der Waals surface area (Å²) in [5.74, 6) is -1.00. The monoisotopic (exact) mass is 563 g/mol. The van der Waals surface area contributed by atoms with Crippen LogP contribution in [0.15, 0.2) is 83.5 Å². The highest BCUT2D eigenvalue weighted by atomic mass is 16.8. The molecule has 6 unspecified atom stereocenters. The van der Waals surface area contributed by atoms with E-state index in [-0.39, 0.29) is 12.4 Å². The number of hydrogen-bond acceptors (Lipinski definition) is 9. The number of ketones is 1. The molecule has 3 aromatic rings. The van der Waals surface area contributed by atoms with E-state index in [0.717, 1.165) is 5.56 Å². The van der Waals surface area contributed by atoms with E-state index < -0.39 is 55.4 Å². The van der Waals surface area contributed by atoms with Crippen LogP contribution in [-0.2, 0) is 28.5 Å². The highest BCUT2D eigenvalue weighted by Crippen LogP contribution is 2.36. The number of benzene rings is 2. The first-order valence-electron chi connectivity index (χ1n) is 13.0. The molecule has 2 saturated heterocycles. The molecule has 11 heteroatoms. The van der Waals surface area contributed by atoms with Crippen LogP contribution < -0.4 is 10.1 Å². The molecule has 11 nitrogen and oxygen atoms in total. The number of amides is 1. The summed E-state index contributed by atoms with van der Waals surface area (Å²) in [6.07, 6.45) is 0.250. The Morgan fingerprint density at radius 3 is 2.49 bits per heavy atom. The van der Waals surface area contributed by atoms with Crippen molar-refractivity contribution in [2.24, 2.45) is 0 Å². The van der Waals surface area contributed by atoms with E-state index in [1.54, 1.807) is 42.5 Å². The van der Waals surface area contributed by atoms with Gasteiger partial charge in [-0.05, 0) is 48.0 Å². The van der Waals surface area contributed by atoms with Gasteiger partial charge in [-0.15, -0.1) is 0 Å². The van der Waals surface area contributed by atoms with Crippen LogP contribution in [0.3, 0.4) is 0 Å². The molecule has 6 atom stereocenters. The second-order valence-corrected chi connectivity index (χ2v) is 9.47. The van der Waals surface area contributed by atoms with E-state index in [1.807, 2.05) is 30.3 Å². The maximum absolute atomic E-state index is 12.6. The van der Waals surface area contributed by atoms with Gasteiger partial charge >= 0.3 is 5.97 Å². The Balaban J connectivity index is 1.33. The molecule has 214 valence electrons. The van der Waals surface area contributed by atoms with E-state index in [0.29, 0.717) is 17.1 Å². The number of carboxylic acids is 1. The van der Waals surface area contributed by atoms with Crippen molar-refractivity contribution in [1.82, 2.24) is 5.32 Å². The summed E-state index contributed by atoms with van der Waals surface area (Å²) in [6, 6.07) is 18.3. The Kier molecular flexibility index (Phi) is 8.90. The Morgan fingerprint density at radius 2 is 1.80 bits per heavy atom. The minimum absolute atomic E-state index is 0.0663. The second kappa shape index (κ2) is 12.9. The van der Waals surface area contributed by atoms with Crippen LogP contribution in [0, 0.1) is 0 Å². The van der Waals surface area contributed by atoms with Crippen molar-refractivity contribution in [3.05, 3.63) is 96.0 Å². The summed E-state index contributed by atoms with van der Waals surface area (Å²) in [7, 11) is 0. The number of aliphatic carboxylic acids is 1. The number of allylic oxidation sites excluding steroid dienone is 1. The highest BCUT2D eigenvalue weighted by Gasteiger charge is 2.52. The van der Waals surface area contributed by atoms with Gasteiger partial charge in [0.25, 0.3) is 0 Å². The Bertz CT molecular complexity index is 1360. The maximum atomic E-state index is 12.6. The standard InChI is InChI=1S/C30H29NO10/c1-18(32)31-26-28(37-17-25(34)35)27-24(16-38-29(41-27)23-8-5-15-36-23)40-30(26)39-21-12-10-20(11-13-21)22(33)14-9-19-6-3-2-4-7-19/h2-15,24,26-30H,16-17H2,1H3,(H,31,32)(H,34,35)/b14-9+. The molecule has 1 amide bonds. The summed E-state index contributed by atoms with van der Waals surface area (Å²) >= 11 is 0. The Labute approximate surface area is 235 Å². The van der Waals surface area contributed by atoms with Crippen LogP contribution in [0.2, 0.25) is 0 Å². The predicted octanol–water partition coefficient (Wildman–Crippen LogP) is 3.37. The SMILES string of the molecule is CC(=O)NC1C(Oc2ccc(C(=O)/C=C/c3ccccc3)cc2)OC2COC(c3ccco3)OC2C1OCC(=O)O. The average molecular weight is 564 g/mol. The fraction of sp³-hybridized carbons (Fsp3) is 0.300. The molecule has 5 rings (SSSR count). The molecular formula is C30H29NO10. The van der Waals surface area contributed by atoms with Crippen molar-refractivity contribution in [1.29, 1.82) is 0 Å². The first-order valence-corrected chi connectivity index (χ1v) is 13.0. The fourth-order valence-electron chi connectivity index (χ4n) is 4.66. The Hall–Kier alpha value is -4.29. The van der Waals surface area contributed by atoms with Crippen LogP contribution >= 0.6 is 0 Å². The van der Waals surface area contributed by atoms with Crippen LogP contribution in [0.1, 0.15) is 34.9 Å². The molecule has 2 fully saturated rings. The lowest BCUT2D eigenvalue weighted by Crippen LogP contribution is -2.68. The maximum Gasteiger partial charge on any atom is 0.329 e. The van der Waals surface area contributed by atoms with Gasteiger partial charge in [-0.25, -0.2) is 4.79 Å². The van der Waals surface area contributed by atoms with Crippen molar-refractivity contribution in [3.63, 3.8) is 0 Å². The number of fused-ring (bicyclic) bond motifs is 1. The van der Waals surface area contributed by atoms with Gasteiger partial charge in [0.1, 0.15) is 36.7 Å². The molecule has 2 aliphatic rings. The summed E-state index contributed by atoms with van der Waals surface area (Å²) in [5, 5.41) is 12.1. The molecule has 2 aromatic carbocycles. The number of carbonyl (C=O) groups excluding carboxylic acids is 2. The lowest BCUT2D eigenvalue weighted by Gasteiger charge is -2.48. The van der Waals surface area contributed by atoms with Gasteiger partial charge in [-0.2, -0.15) is 0 Å². The third-order valence-electron chi connectivity index (χ3n) is 6.50. The number of furan rings is 1. The second-order valence-electron chi connectivity index (χ2n) is 9.47. The summed E-state index contributed by atoms with van der Waals surface area (Å²) < 4.78 is 35.2. The topological polar surface area (TPSA) is 143 Å². The number of rotatable bonds is 10. The number of carbonyl (C=O) groups is 3. The molecule has 41 heavy (non-hydrogen) atoms. The van der Waals surface area contributed by atoms with Crippen LogP contribution in [0.4, 0.5) is 0 Å². The normalized spacial score (nSPS) is 25.8. The zero-order valence-electron chi connectivity index (χ0n) is 22.1. The van der Waals surface area contributed by atoms with Crippen LogP contribution in [0.25, 0.3) is 6.08 Å². The van der Waals surface area contributed by atoms with Gasteiger partial charge in [0.2, 0.25) is 18.5 Å². The van der Waals surface area contributed by atoms with Gasteiger partial charge in [-0.3, -0.25) is 9.59 Å². The lowest BCUT2D eigenvalue weighted by molar-refractivity contribution is -0.340. The highest BCUT2D eigenvalue weighted by molar-refractivity contribution is 6.06. The minimum atomic E-state index is -1.19. The van der Waals surface area contributed by atoms with E-state index in [9.17, 15) is 19.5 Å². The largest absolute Gasteiger partial charge is 0.480 e. The molecule has 1 aromatic heterocycles. The number of ether oxygens (including phenoxy) is 5. The molecule has 3 heterocycles. The summed E-state index contributed by atoms with van der Waals surface area (Å²) in [5.41, 5.74) is 1.36. The van der Waals surface area contributed by atoms with Crippen molar-refractivity contribution in [3.8, 4) is 5.75 Å². The van der Waals surface area contributed by atoms with Crippen LogP contribution in [-0.4, -0.2) is 66.6 Å². The fourth-order valence-corrected chi connectivity index (χ4v) is 4.66. The third kappa shape index (κ3) is 7.08. The van der Waals surface area contributed by atoms with E-state index in [2.05, 4.69) is 5.32 Å². The molecule has 0 radical (unpaired) electrons. The molecule has 2 aliphatic heterocycles. The molecule has 0 aliphatic carbocycles. The quantitative estimate of drug-likeness (QED) is 0.278. The van der Waals surface area contributed by atoms with E-state index in [4.69, 9.17) is 28.1 Å². The van der Waals surface area contributed by atoms with E-state index in [1.165, 1.54) is 19.3 Å². The average Bonchev–Trinajstić information content (AvgIpc) is 3.51. The smallest absolute Gasteiger partial charge is 0.329 e. The van der Waals surface area contributed by atoms with Crippen molar-refractivity contribution in [2.45, 2.75) is 43.9 Å². The van der Waals surface area contributed by atoms with Crippen molar-refractivity contribution in [2.75, 3.05) is 13.2 Å². The first kappa shape index (κ1) is 28.2. The predicted molar refractivity (Wildman–Crippen MR) is 143 cm³/mol. The number of hydrogen-bond donors (Lipinski definition) is 2.